The van der Waals surface area contributed by atoms with E-state index in [4.69, 9.17) is 4.74 Å². The van der Waals surface area contributed by atoms with E-state index in [-0.39, 0.29) is 6.09 Å². The lowest BCUT2D eigenvalue weighted by molar-refractivity contribution is 0.0240. The van der Waals surface area contributed by atoms with E-state index < -0.39 is 5.60 Å². The summed E-state index contributed by atoms with van der Waals surface area (Å²) in [6, 6.07) is 3.57. The average Bonchev–Trinajstić information content (AvgIpc) is 2.46. The second-order valence-electron chi connectivity index (χ2n) is 6.02. The van der Waals surface area contributed by atoms with Crippen LogP contribution >= 0.6 is 0 Å². The molecule has 0 aromatic carbocycles. The molecule has 0 spiro atoms. The molecule has 1 saturated heterocycles. The number of nitrogens with zero attached hydrogens (tertiary/aromatic N) is 3. The summed E-state index contributed by atoms with van der Waals surface area (Å²) >= 11 is 0. The van der Waals surface area contributed by atoms with Crippen molar-refractivity contribution in [3.8, 4) is 0 Å². The number of ether oxygens (including phenoxy) is 1. The molecule has 0 N–H and O–H groups in total. The zero-order valence-corrected chi connectivity index (χ0v) is 12.7. The van der Waals surface area contributed by atoms with Crippen LogP contribution in [0.15, 0.2) is 18.3 Å². The number of rotatable bonds is 2. The van der Waals surface area contributed by atoms with Gasteiger partial charge >= 0.3 is 6.09 Å². The molecule has 0 atom stereocenters. The molecule has 0 radical (unpaired) electrons. The Morgan fingerprint density at radius 3 is 2.38 bits per heavy atom. The number of piperazine rings is 1. The van der Waals surface area contributed by atoms with E-state index in [1.165, 1.54) is 0 Å². The lowest BCUT2D eigenvalue weighted by Crippen LogP contribution is -2.50. The van der Waals surface area contributed by atoms with E-state index in [2.05, 4.69) is 9.88 Å². The summed E-state index contributed by atoms with van der Waals surface area (Å²) in [6.07, 6.45) is 2.06. The Balaban J connectivity index is 1.90. The molecule has 21 heavy (non-hydrogen) atoms. The molecule has 2 heterocycles. The molecule has 1 aliphatic rings. The van der Waals surface area contributed by atoms with Crippen molar-refractivity contribution < 1.29 is 14.3 Å². The first-order chi connectivity index (χ1) is 9.89. The Hall–Kier alpha value is -2.11. The van der Waals surface area contributed by atoms with Crippen molar-refractivity contribution >= 4 is 18.2 Å². The Kier molecular flexibility index (Phi) is 4.45. The number of carbonyl (C=O) groups is 2. The number of amides is 1. The molecule has 1 amide bonds. The van der Waals surface area contributed by atoms with Gasteiger partial charge in [-0.1, -0.05) is 0 Å². The summed E-state index contributed by atoms with van der Waals surface area (Å²) in [4.78, 5) is 30.7. The van der Waals surface area contributed by atoms with Gasteiger partial charge in [-0.15, -0.1) is 0 Å². The molecule has 1 fully saturated rings. The number of aromatic nitrogens is 1. The van der Waals surface area contributed by atoms with Gasteiger partial charge in [-0.2, -0.15) is 0 Å². The number of hydrogen-bond acceptors (Lipinski definition) is 5. The van der Waals surface area contributed by atoms with Crippen molar-refractivity contribution in [2.75, 3.05) is 31.1 Å². The quantitative estimate of drug-likeness (QED) is 0.779. The smallest absolute Gasteiger partial charge is 0.410 e. The van der Waals surface area contributed by atoms with E-state index in [1.807, 2.05) is 26.8 Å². The minimum absolute atomic E-state index is 0.272. The van der Waals surface area contributed by atoms with Gasteiger partial charge in [-0.25, -0.2) is 9.78 Å². The van der Waals surface area contributed by atoms with E-state index >= 15 is 0 Å². The summed E-state index contributed by atoms with van der Waals surface area (Å²) < 4.78 is 5.36. The average molecular weight is 291 g/mol. The Bertz CT molecular complexity index is 500. The normalized spacial score (nSPS) is 15.8. The van der Waals surface area contributed by atoms with Crippen molar-refractivity contribution in [1.82, 2.24) is 9.88 Å². The predicted octanol–water partition coefficient (Wildman–Crippen LogP) is 1.95. The van der Waals surface area contributed by atoms with Crippen LogP contribution in [0.2, 0.25) is 0 Å². The van der Waals surface area contributed by atoms with Crippen LogP contribution in [0.25, 0.3) is 0 Å². The van der Waals surface area contributed by atoms with E-state index in [9.17, 15) is 9.59 Å². The van der Waals surface area contributed by atoms with Gasteiger partial charge in [0.2, 0.25) is 0 Å². The van der Waals surface area contributed by atoms with Crippen LogP contribution in [0.4, 0.5) is 10.6 Å². The van der Waals surface area contributed by atoms with Gasteiger partial charge in [0.05, 0.1) is 0 Å². The molecule has 1 aromatic heterocycles. The maximum absolute atomic E-state index is 12.0. The number of hydrogen-bond donors (Lipinski definition) is 0. The fraction of sp³-hybridized carbons (Fsp3) is 0.533. The van der Waals surface area contributed by atoms with E-state index in [0.717, 1.165) is 12.1 Å². The molecule has 6 heteroatoms. The molecule has 2 rings (SSSR count). The van der Waals surface area contributed by atoms with Crippen molar-refractivity contribution in [3.63, 3.8) is 0 Å². The maximum Gasteiger partial charge on any atom is 0.410 e. The van der Waals surface area contributed by atoms with Gasteiger partial charge in [-0.05, 0) is 32.9 Å². The maximum atomic E-state index is 12.0. The van der Waals surface area contributed by atoms with Crippen LogP contribution in [0.3, 0.4) is 0 Å². The molecule has 114 valence electrons. The highest BCUT2D eigenvalue weighted by Crippen LogP contribution is 2.16. The second kappa shape index (κ2) is 6.11. The third-order valence-corrected chi connectivity index (χ3v) is 3.16. The topological polar surface area (TPSA) is 62.7 Å². The molecule has 0 bridgehead atoms. The minimum Gasteiger partial charge on any atom is -0.444 e. The SMILES string of the molecule is CC(C)(C)OC(=O)N1CCN(c2ccc(C=O)cn2)CC1. The van der Waals surface area contributed by atoms with E-state index in [1.54, 1.807) is 17.2 Å². The first-order valence-electron chi connectivity index (χ1n) is 7.03. The Labute approximate surface area is 124 Å². The summed E-state index contributed by atoms with van der Waals surface area (Å²) in [7, 11) is 0. The highest BCUT2D eigenvalue weighted by Gasteiger charge is 2.26. The largest absolute Gasteiger partial charge is 0.444 e. The molecule has 1 aromatic rings. The Morgan fingerprint density at radius 2 is 1.90 bits per heavy atom. The van der Waals surface area contributed by atoms with Crippen LogP contribution in [-0.4, -0.2) is 54.0 Å². The summed E-state index contributed by atoms with van der Waals surface area (Å²) in [6.45, 7) is 8.19. The van der Waals surface area contributed by atoms with Crippen LogP contribution < -0.4 is 4.90 Å². The standard InChI is InChI=1S/C15H21N3O3/c1-15(2,3)21-14(20)18-8-6-17(7-9-18)13-5-4-12(11-19)10-16-13/h4-5,10-11H,6-9H2,1-3H3. The lowest BCUT2D eigenvalue weighted by atomic mass is 10.2. The molecule has 0 aliphatic carbocycles. The first-order valence-corrected chi connectivity index (χ1v) is 7.03. The molecule has 1 aliphatic heterocycles. The zero-order chi connectivity index (χ0) is 15.5. The van der Waals surface area contributed by atoms with Crippen LogP contribution in [0.5, 0.6) is 0 Å². The van der Waals surface area contributed by atoms with Crippen LogP contribution in [-0.2, 0) is 4.74 Å². The number of aldehydes is 1. The summed E-state index contributed by atoms with van der Waals surface area (Å²) in [5.41, 5.74) is 0.0895. The van der Waals surface area contributed by atoms with Gasteiger partial charge in [-0.3, -0.25) is 4.79 Å². The predicted molar refractivity (Wildman–Crippen MR) is 79.6 cm³/mol. The third kappa shape index (κ3) is 4.18. The fourth-order valence-electron chi connectivity index (χ4n) is 2.10. The van der Waals surface area contributed by atoms with E-state index in [0.29, 0.717) is 31.7 Å². The highest BCUT2D eigenvalue weighted by atomic mass is 16.6. The van der Waals surface area contributed by atoms with Gasteiger partial charge in [0.15, 0.2) is 6.29 Å². The number of carbonyl (C=O) groups excluding carboxylic acids is 2. The van der Waals surface area contributed by atoms with Crippen LogP contribution in [0, 0.1) is 0 Å². The summed E-state index contributed by atoms with van der Waals surface area (Å²) in [5, 5.41) is 0. The molecular weight excluding hydrogens is 270 g/mol. The third-order valence-electron chi connectivity index (χ3n) is 3.16. The van der Waals surface area contributed by atoms with Crippen molar-refractivity contribution in [1.29, 1.82) is 0 Å². The Morgan fingerprint density at radius 1 is 1.24 bits per heavy atom. The summed E-state index contributed by atoms with van der Waals surface area (Å²) in [5.74, 6) is 0.824. The van der Waals surface area contributed by atoms with Crippen LogP contribution in [0.1, 0.15) is 31.1 Å². The molecule has 6 nitrogen and oxygen atoms in total. The first kappa shape index (κ1) is 15.3. The van der Waals surface area contributed by atoms with Gasteiger partial charge in [0.25, 0.3) is 0 Å². The second-order valence-corrected chi connectivity index (χ2v) is 6.02. The van der Waals surface area contributed by atoms with Gasteiger partial charge in [0, 0.05) is 37.9 Å². The van der Waals surface area contributed by atoms with Crippen molar-refractivity contribution in [3.05, 3.63) is 23.9 Å². The highest BCUT2D eigenvalue weighted by molar-refractivity contribution is 5.74. The van der Waals surface area contributed by atoms with Gasteiger partial charge < -0.3 is 14.5 Å². The monoisotopic (exact) mass is 291 g/mol. The molecular formula is C15H21N3O3. The zero-order valence-electron chi connectivity index (χ0n) is 12.7. The molecule has 0 saturated carbocycles. The lowest BCUT2D eigenvalue weighted by Gasteiger charge is -2.36. The molecule has 0 unspecified atom stereocenters. The fourth-order valence-corrected chi connectivity index (χ4v) is 2.10. The van der Waals surface area contributed by atoms with Gasteiger partial charge in [0.1, 0.15) is 11.4 Å². The minimum atomic E-state index is -0.472. The van der Waals surface area contributed by atoms with Crippen molar-refractivity contribution in [2.24, 2.45) is 0 Å². The van der Waals surface area contributed by atoms with Crippen molar-refractivity contribution in [2.45, 2.75) is 26.4 Å². The number of anilines is 1. The number of pyridine rings is 1.